The fraction of sp³-hybridized carbons (Fsp3) is 0.227. The van der Waals surface area contributed by atoms with Gasteiger partial charge in [-0.2, -0.15) is 0 Å². The summed E-state index contributed by atoms with van der Waals surface area (Å²) in [6, 6.07) is 14.0. The van der Waals surface area contributed by atoms with E-state index in [-0.39, 0.29) is 11.7 Å². The molecule has 0 spiro atoms. The lowest BCUT2D eigenvalue weighted by molar-refractivity contribution is 0.0946. The zero-order valence-electron chi connectivity index (χ0n) is 16.0. The zero-order valence-corrected chi connectivity index (χ0v) is 16.0. The molecule has 0 radical (unpaired) electrons. The molecule has 0 aliphatic carbocycles. The minimum atomic E-state index is -0.219. The van der Waals surface area contributed by atoms with Crippen LogP contribution >= 0.6 is 0 Å². The van der Waals surface area contributed by atoms with Crippen LogP contribution in [-0.2, 0) is 6.54 Å². The van der Waals surface area contributed by atoms with Crippen molar-refractivity contribution >= 4 is 17.3 Å². The van der Waals surface area contributed by atoms with Gasteiger partial charge in [-0.1, -0.05) is 0 Å². The normalized spacial score (nSPS) is 14.0. The van der Waals surface area contributed by atoms with E-state index in [1.54, 1.807) is 24.7 Å². The SMILES string of the molecule is O=C(NCc1ccncc1)c1ccc(N2CCN(c3ccc(F)cc3)CC2)cn1. The Kier molecular flexibility index (Phi) is 5.65. The van der Waals surface area contributed by atoms with Crippen molar-refractivity contribution in [1.29, 1.82) is 0 Å². The summed E-state index contributed by atoms with van der Waals surface area (Å²) in [5.41, 5.74) is 3.41. The minimum absolute atomic E-state index is 0.200. The number of amides is 1. The summed E-state index contributed by atoms with van der Waals surface area (Å²) in [6.45, 7) is 3.81. The van der Waals surface area contributed by atoms with Crippen LogP contribution in [0.4, 0.5) is 15.8 Å². The van der Waals surface area contributed by atoms with Crippen LogP contribution in [0, 0.1) is 5.82 Å². The van der Waals surface area contributed by atoms with Gasteiger partial charge in [0.05, 0.1) is 11.9 Å². The first-order valence-electron chi connectivity index (χ1n) is 9.58. The summed E-state index contributed by atoms with van der Waals surface area (Å²) in [7, 11) is 0. The first-order valence-corrected chi connectivity index (χ1v) is 9.58. The third-order valence-electron chi connectivity index (χ3n) is 5.02. The second kappa shape index (κ2) is 8.68. The number of carbonyl (C=O) groups excluding carboxylic acids is 1. The number of nitrogens with zero attached hydrogens (tertiary/aromatic N) is 4. The van der Waals surface area contributed by atoms with Gasteiger partial charge in [-0.25, -0.2) is 9.37 Å². The van der Waals surface area contributed by atoms with Crippen LogP contribution in [0.5, 0.6) is 0 Å². The highest BCUT2D eigenvalue weighted by Gasteiger charge is 2.18. The summed E-state index contributed by atoms with van der Waals surface area (Å²) in [5, 5.41) is 2.87. The maximum absolute atomic E-state index is 13.1. The molecule has 0 unspecified atom stereocenters. The number of hydrogen-bond acceptors (Lipinski definition) is 5. The Labute approximate surface area is 169 Å². The van der Waals surface area contributed by atoms with Gasteiger partial charge in [0, 0.05) is 50.8 Å². The van der Waals surface area contributed by atoms with Gasteiger partial charge in [-0.3, -0.25) is 9.78 Å². The predicted octanol–water partition coefficient (Wildman–Crippen LogP) is 2.87. The highest BCUT2D eigenvalue weighted by Crippen LogP contribution is 2.20. The van der Waals surface area contributed by atoms with Gasteiger partial charge in [0.15, 0.2) is 0 Å². The second-order valence-corrected chi connectivity index (χ2v) is 6.89. The molecule has 3 aromatic rings. The summed E-state index contributed by atoms with van der Waals surface area (Å²) < 4.78 is 13.1. The van der Waals surface area contributed by atoms with E-state index in [4.69, 9.17) is 0 Å². The molecular formula is C22H22FN5O. The number of pyridine rings is 2. The fourth-order valence-corrected chi connectivity index (χ4v) is 3.36. The monoisotopic (exact) mass is 391 g/mol. The molecule has 1 aliphatic heterocycles. The molecule has 29 heavy (non-hydrogen) atoms. The molecule has 7 heteroatoms. The molecule has 1 fully saturated rings. The first-order chi connectivity index (χ1) is 14.2. The van der Waals surface area contributed by atoms with Crippen molar-refractivity contribution in [3.8, 4) is 0 Å². The molecule has 2 aromatic heterocycles. The molecule has 4 rings (SSSR count). The van der Waals surface area contributed by atoms with Crippen LogP contribution in [-0.4, -0.2) is 42.1 Å². The molecule has 0 bridgehead atoms. The van der Waals surface area contributed by atoms with E-state index < -0.39 is 0 Å². The number of benzene rings is 1. The molecule has 6 nitrogen and oxygen atoms in total. The van der Waals surface area contributed by atoms with E-state index in [2.05, 4.69) is 25.1 Å². The Morgan fingerprint density at radius 2 is 1.52 bits per heavy atom. The number of rotatable bonds is 5. The highest BCUT2D eigenvalue weighted by atomic mass is 19.1. The number of hydrogen-bond donors (Lipinski definition) is 1. The molecule has 1 aliphatic rings. The van der Waals surface area contributed by atoms with Crippen LogP contribution < -0.4 is 15.1 Å². The molecule has 1 N–H and O–H groups in total. The van der Waals surface area contributed by atoms with E-state index in [1.165, 1.54) is 12.1 Å². The topological polar surface area (TPSA) is 61.4 Å². The van der Waals surface area contributed by atoms with Crippen LogP contribution in [0.1, 0.15) is 16.1 Å². The summed E-state index contributed by atoms with van der Waals surface area (Å²) in [5.74, 6) is -0.419. The summed E-state index contributed by atoms with van der Waals surface area (Å²) in [4.78, 5) is 25.1. The third kappa shape index (κ3) is 4.68. The Balaban J connectivity index is 1.31. The molecule has 1 aromatic carbocycles. The van der Waals surface area contributed by atoms with Crippen LogP contribution in [0.25, 0.3) is 0 Å². The summed E-state index contributed by atoms with van der Waals surface area (Å²) >= 11 is 0. The molecule has 1 saturated heterocycles. The molecule has 0 saturated carbocycles. The third-order valence-corrected chi connectivity index (χ3v) is 5.02. The number of piperazine rings is 1. The average molecular weight is 391 g/mol. The predicted molar refractivity (Wildman–Crippen MR) is 110 cm³/mol. The van der Waals surface area contributed by atoms with Crippen LogP contribution in [0.3, 0.4) is 0 Å². The number of nitrogens with one attached hydrogen (secondary N) is 1. The van der Waals surface area contributed by atoms with Crippen molar-refractivity contribution in [3.63, 3.8) is 0 Å². The zero-order chi connectivity index (χ0) is 20.1. The Bertz CT molecular complexity index is 939. The number of halogens is 1. The van der Waals surface area contributed by atoms with Crippen molar-refractivity contribution in [3.05, 3.63) is 84.2 Å². The van der Waals surface area contributed by atoms with Crippen molar-refractivity contribution in [2.75, 3.05) is 36.0 Å². The largest absolute Gasteiger partial charge is 0.368 e. The van der Waals surface area contributed by atoms with E-state index in [0.717, 1.165) is 43.1 Å². The van der Waals surface area contributed by atoms with Gasteiger partial charge in [0.1, 0.15) is 11.5 Å². The Morgan fingerprint density at radius 3 is 2.14 bits per heavy atom. The van der Waals surface area contributed by atoms with Crippen LogP contribution in [0.15, 0.2) is 67.1 Å². The van der Waals surface area contributed by atoms with Crippen molar-refractivity contribution < 1.29 is 9.18 Å². The van der Waals surface area contributed by atoms with Gasteiger partial charge < -0.3 is 15.1 Å². The van der Waals surface area contributed by atoms with E-state index in [0.29, 0.717) is 12.2 Å². The molecule has 0 atom stereocenters. The van der Waals surface area contributed by atoms with Gasteiger partial charge in [-0.15, -0.1) is 0 Å². The highest BCUT2D eigenvalue weighted by molar-refractivity contribution is 5.92. The Hall–Kier alpha value is -3.48. The number of carbonyl (C=O) groups is 1. The van der Waals surface area contributed by atoms with Gasteiger partial charge in [0.25, 0.3) is 5.91 Å². The van der Waals surface area contributed by atoms with E-state index in [1.807, 2.05) is 30.3 Å². The quantitative estimate of drug-likeness (QED) is 0.725. The molecular weight excluding hydrogens is 369 g/mol. The summed E-state index contributed by atoms with van der Waals surface area (Å²) in [6.07, 6.45) is 5.14. The van der Waals surface area contributed by atoms with E-state index in [9.17, 15) is 9.18 Å². The smallest absolute Gasteiger partial charge is 0.270 e. The Morgan fingerprint density at radius 1 is 0.897 bits per heavy atom. The molecule has 1 amide bonds. The standard InChI is InChI=1S/C22H22FN5O/c23-18-1-3-19(4-2-18)27-11-13-28(14-12-27)20-5-6-21(25-16-20)22(29)26-15-17-7-9-24-10-8-17/h1-10,16H,11-15H2,(H,26,29). The van der Waals surface area contributed by atoms with Crippen LogP contribution in [0.2, 0.25) is 0 Å². The van der Waals surface area contributed by atoms with Crippen molar-refractivity contribution in [1.82, 2.24) is 15.3 Å². The number of anilines is 2. The maximum Gasteiger partial charge on any atom is 0.270 e. The fourth-order valence-electron chi connectivity index (χ4n) is 3.36. The average Bonchev–Trinajstić information content (AvgIpc) is 2.79. The molecule has 3 heterocycles. The first kappa shape index (κ1) is 18.9. The van der Waals surface area contributed by atoms with Crippen molar-refractivity contribution in [2.24, 2.45) is 0 Å². The lowest BCUT2D eigenvalue weighted by atomic mass is 10.2. The van der Waals surface area contributed by atoms with Crippen molar-refractivity contribution in [2.45, 2.75) is 6.54 Å². The van der Waals surface area contributed by atoms with Gasteiger partial charge in [0.2, 0.25) is 0 Å². The molecule has 148 valence electrons. The minimum Gasteiger partial charge on any atom is -0.368 e. The lowest BCUT2D eigenvalue weighted by Gasteiger charge is -2.37. The lowest BCUT2D eigenvalue weighted by Crippen LogP contribution is -2.46. The maximum atomic E-state index is 13.1. The number of aromatic nitrogens is 2. The van der Waals surface area contributed by atoms with E-state index >= 15 is 0 Å². The second-order valence-electron chi connectivity index (χ2n) is 6.89. The van der Waals surface area contributed by atoms with Gasteiger partial charge in [-0.05, 0) is 54.1 Å². The van der Waals surface area contributed by atoms with Gasteiger partial charge >= 0.3 is 0 Å².